The molecule has 2 atom stereocenters. The molecule has 2 aliphatic heterocycles. The number of piperazine rings is 2. The number of carbonyl (C=O) groups is 2. The lowest BCUT2D eigenvalue weighted by atomic mass is 9.93. The second-order valence-corrected chi connectivity index (χ2v) is 12.1. The summed E-state index contributed by atoms with van der Waals surface area (Å²) in [6, 6.07) is 26.6. The molecule has 2 saturated heterocycles. The molecule has 0 radical (unpaired) electrons. The molecule has 8 nitrogen and oxygen atoms in total. The standard InChI is InChI=1S/C36H46N4O3.CH4O/c1-29-27-38(28-30-11-5-4-6-12-30)20-23-40(29)35(32-14-10-16-34(42)26-32)31-13-9-15-33(25-31)36(43)39-21-18-37(19-22-39)17-7-2-3-8-24-41;1-2/h4-6,9-16,24-26,29,35,42H,2-3,7-8,17-23,27-28H2,1H3;2H,1H3. The van der Waals surface area contributed by atoms with Crippen molar-refractivity contribution in [2.45, 2.75) is 51.2 Å². The highest BCUT2D eigenvalue weighted by Crippen LogP contribution is 2.34. The zero-order chi connectivity index (χ0) is 32.0. The molecule has 0 aromatic heterocycles. The first kappa shape index (κ1) is 34.3. The smallest absolute Gasteiger partial charge is 0.253 e. The maximum atomic E-state index is 13.7. The molecule has 8 heteroatoms. The van der Waals surface area contributed by atoms with Crippen molar-refractivity contribution in [3.8, 4) is 5.75 Å². The van der Waals surface area contributed by atoms with Crippen LogP contribution in [0.25, 0.3) is 0 Å². The Hall–Kier alpha value is -3.56. The van der Waals surface area contributed by atoms with Crippen LogP contribution in [-0.2, 0) is 11.3 Å². The van der Waals surface area contributed by atoms with Gasteiger partial charge in [0.2, 0.25) is 0 Å². The third-order valence-corrected chi connectivity index (χ3v) is 8.93. The topological polar surface area (TPSA) is 87.6 Å². The molecule has 2 N–H and O–H groups in total. The van der Waals surface area contributed by atoms with Crippen LogP contribution in [0.4, 0.5) is 0 Å². The number of phenols is 1. The first-order chi connectivity index (χ1) is 22.0. The second-order valence-electron chi connectivity index (χ2n) is 12.1. The van der Waals surface area contributed by atoms with Gasteiger partial charge in [-0.3, -0.25) is 19.5 Å². The molecular formula is C37H50N4O4. The van der Waals surface area contributed by atoms with Crippen LogP contribution < -0.4 is 0 Å². The Bertz CT molecular complexity index is 1330. The highest BCUT2D eigenvalue weighted by Gasteiger charge is 2.32. The lowest BCUT2D eigenvalue weighted by Crippen LogP contribution is -2.52. The molecule has 0 aliphatic carbocycles. The number of aromatic hydroxyl groups is 1. The van der Waals surface area contributed by atoms with Gasteiger partial charge in [-0.15, -0.1) is 0 Å². The van der Waals surface area contributed by atoms with Gasteiger partial charge in [-0.1, -0.05) is 61.0 Å². The van der Waals surface area contributed by atoms with Crippen LogP contribution in [0.3, 0.4) is 0 Å². The van der Waals surface area contributed by atoms with Crippen LogP contribution >= 0.6 is 0 Å². The average molecular weight is 615 g/mol. The van der Waals surface area contributed by atoms with E-state index in [2.05, 4.69) is 70.2 Å². The number of aliphatic hydroxyl groups is 1. The van der Waals surface area contributed by atoms with Gasteiger partial charge in [-0.05, 0) is 67.3 Å². The van der Waals surface area contributed by atoms with Gasteiger partial charge in [0.05, 0.1) is 6.04 Å². The van der Waals surface area contributed by atoms with E-state index in [-0.39, 0.29) is 23.7 Å². The highest BCUT2D eigenvalue weighted by molar-refractivity contribution is 5.94. The Balaban J connectivity index is 0.00000226. The van der Waals surface area contributed by atoms with Gasteiger partial charge < -0.3 is 19.9 Å². The van der Waals surface area contributed by atoms with E-state index < -0.39 is 0 Å². The first-order valence-electron chi connectivity index (χ1n) is 16.3. The van der Waals surface area contributed by atoms with E-state index in [1.165, 1.54) is 5.56 Å². The molecule has 242 valence electrons. The Morgan fingerprint density at radius 3 is 2.20 bits per heavy atom. The monoisotopic (exact) mass is 614 g/mol. The molecule has 2 unspecified atom stereocenters. The van der Waals surface area contributed by atoms with Crippen molar-refractivity contribution in [2.24, 2.45) is 0 Å². The molecular weight excluding hydrogens is 564 g/mol. The summed E-state index contributed by atoms with van der Waals surface area (Å²) in [6.07, 6.45) is 4.78. The van der Waals surface area contributed by atoms with Crippen LogP contribution in [-0.4, -0.2) is 108 Å². The summed E-state index contributed by atoms with van der Waals surface area (Å²) in [5.74, 6) is 0.342. The normalized spacial score (nSPS) is 18.6. The molecule has 0 saturated carbocycles. The fraction of sp³-hybridized carbons (Fsp3) is 0.459. The molecule has 3 aromatic rings. The maximum Gasteiger partial charge on any atom is 0.253 e. The second kappa shape index (κ2) is 17.8. The Labute approximate surface area is 268 Å². The van der Waals surface area contributed by atoms with Crippen molar-refractivity contribution in [3.05, 3.63) is 101 Å². The van der Waals surface area contributed by atoms with E-state index in [0.29, 0.717) is 6.42 Å². The van der Waals surface area contributed by atoms with Gasteiger partial charge >= 0.3 is 0 Å². The summed E-state index contributed by atoms with van der Waals surface area (Å²) in [7, 11) is 1.00. The van der Waals surface area contributed by atoms with Crippen LogP contribution in [0.1, 0.15) is 65.7 Å². The summed E-state index contributed by atoms with van der Waals surface area (Å²) < 4.78 is 0. The Kier molecular flexibility index (Phi) is 13.6. The number of nitrogens with zero attached hydrogens (tertiary/aromatic N) is 4. The first-order valence-corrected chi connectivity index (χ1v) is 16.3. The van der Waals surface area contributed by atoms with Crippen LogP contribution in [0, 0.1) is 0 Å². The lowest BCUT2D eigenvalue weighted by molar-refractivity contribution is -0.107. The van der Waals surface area contributed by atoms with E-state index in [1.807, 2.05) is 29.2 Å². The lowest BCUT2D eigenvalue weighted by Gasteiger charge is -2.44. The van der Waals surface area contributed by atoms with Crippen molar-refractivity contribution in [3.63, 3.8) is 0 Å². The zero-order valence-electron chi connectivity index (χ0n) is 26.9. The molecule has 0 bridgehead atoms. The van der Waals surface area contributed by atoms with Gasteiger partial charge in [0.1, 0.15) is 12.0 Å². The molecule has 2 heterocycles. The summed E-state index contributed by atoms with van der Waals surface area (Å²) >= 11 is 0. The number of amides is 1. The predicted octanol–water partition coefficient (Wildman–Crippen LogP) is 4.81. The number of hydrogen-bond acceptors (Lipinski definition) is 7. The average Bonchev–Trinajstić information content (AvgIpc) is 3.07. The third-order valence-electron chi connectivity index (χ3n) is 8.93. The minimum Gasteiger partial charge on any atom is -0.508 e. The van der Waals surface area contributed by atoms with E-state index in [1.54, 1.807) is 6.07 Å². The molecule has 2 aliphatic rings. The van der Waals surface area contributed by atoms with Crippen molar-refractivity contribution >= 4 is 12.2 Å². The molecule has 3 aromatic carbocycles. The van der Waals surface area contributed by atoms with Crippen molar-refractivity contribution < 1.29 is 19.8 Å². The van der Waals surface area contributed by atoms with E-state index in [9.17, 15) is 14.7 Å². The fourth-order valence-electron chi connectivity index (χ4n) is 6.62. The largest absolute Gasteiger partial charge is 0.508 e. The van der Waals surface area contributed by atoms with Gasteiger partial charge in [0.15, 0.2) is 0 Å². The van der Waals surface area contributed by atoms with Crippen LogP contribution in [0.15, 0.2) is 78.9 Å². The number of unbranched alkanes of at least 4 members (excludes halogenated alkanes) is 3. The van der Waals surface area contributed by atoms with Gasteiger partial charge in [0, 0.05) is 77.5 Å². The summed E-state index contributed by atoms with van der Waals surface area (Å²) in [5, 5.41) is 17.4. The summed E-state index contributed by atoms with van der Waals surface area (Å²) in [6.45, 7) is 10.3. The molecule has 0 spiro atoms. The number of benzene rings is 3. The summed E-state index contributed by atoms with van der Waals surface area (Å²) in [5.41, 5.74) is 4.16. The molecule has 1 amide bonds. The van der Waals surface area contributed by atoms with E-state index in [4.69, 9.17) is 5.11 Å². The Morgan fingerprint density at radius 1 is 0.822 bits per heavy atom. The minimum absolute atomic E-state index is 0.0650. The fourth-order valence-corrected chi connectivity index (χ4v) is 6.62. The summed E-state index contributed by atoms with van der Waals surface area (Å²) in [4.78, 5) is 33.7. The van der Waals surface area contributed by atoms with E-state index >= 15 is 0 Å². The number of hydrogen-bond donors (Lipinski definition) is 2. The molecule has 5 rings (SSSR count). The van der Waals surface area contributed by atoms with Crippen LogP contribution in [0.2, 0.25) is 0 Å². The van der Waals surface area contributed by atoms with Crippen molar-refractivity contribution in [2.75, 3.05) is 59.5 Å². The minimum atomic E-state index is -0.0650. The van der Waals surface area contributed by atoms with Crippen molar-refractivity contribution in [1.82, 2.24) is 19.6 Å². The number of aldehydes is 1. The SMILES string of the molecule is CC1CN(Cc2ccccc2)CCN1C(c1cccc(O)c1)c1cccc(C(=O)N2CCN(CCCCCC=O)CC2)c1.CO. The number of aliphatic hydroxyl groups excluding tert-OH is 1. The quantitative estimate of drug-likeness (QED) is 0.224. The Morgan fingerprint density at radius 2 is 1.51 bits per heavy atom. The number of carbonyl (C=O) groups excluding carboxylic acids is 2. The molecule has 2 fully saturated rings. The van der Waals surface area contributed by atoms with Gasteiger partial charge in [-0.2, -0.15) is 0 Å². The van der Waals surface area contributed by atoms with E-state index in [0.717, 1.165) is 108 Å². The number of phenolic OH excluding ortho intramolecular Hbond substituents is 1. The van der Waals surface area contributed by atoms with Gasteiger partial charge in [-0.25, -0.2) is 0 Å². The highest BCUT2D eigenvalue weighted by atomic mass is 16.3. The predicted molar refractivity (Wildman–Crippen MR) is 179 cm³/mol. The van der Waals surface area contributed by atoms with Crippen molar-refractivity contribution in [1.29, 1.82) is 0 Å². The van der Waals surface area contributed by atoms with Crippen LogP contribution in [0.5, 0.6) is 5.75 Å². The number of rotatable bonds is 12. The zero-order valence-corrected chi connectivity index (χ0v) is 26.9. The third kappa shape index (κ3) is 9.71. The maximum absolute atomic E-state index is 13.7. The van der Waals surface area contributed by atoms with Gasteiger partial charge in [0.25, 0.3) is 5.91 Å². The molecule has 45 heavy (non-hydrogen) atoms.